The molecule has 0 saturated heterocycles. The molecule has 6 heteroatoms. The number of unbranched alkanes of at least 4 members (excludes halogenated alkanes) is 12. The van der Waals surface area contributed by atoms with E-state index in [4.69, 9.17) is 4.74 Å². The number of nitrogens with one attached hydrogen (secondary N) is 2. The van der Waals surface area contributed by atoms with Crippen LogP contribution in [-0.2, 0) is 27.5 Å². The molecule has 2 amide bonds. The van der Waals surface area contributed by atoms with Crippen molar-refractivity contribution in [3.8, 4) is 0 Å². The molecule has 0 fully saturated rings. The molecule has 0 aliphatic heterocycles. The van der Waals surface area contributed by atoms with Crippen LogP contribution in [0.3, 0.4) is 0 Å². The van der Waals surface area contributed by atoms with E-state index in [-0.39, 0.29) is 19.1 Å². The van der Waals surface area contributed by atoms with E-state index in [0.29, 0.717) is 17.7 Å². The van der Waals surface area contributed by atoms with Gasteiger partial charge in [-0.05, 0) is 29.7 Å². The van der Waals surface area contributed by atoms with Crippen LogP contribution in [0.5, 0.6) is 0 Å². The number of rotatable bonds is 19. The first-order valence-corrected chi connectivity index (χ1v) is 14.5. The molecule has 0 aliphatic rings. The van der Waals surface area contributed by atoms with Crippen LogP contribution in [0.2, 0.25) is 0 Å². The Hall–Kier alpha value is -3.15. The summed E-state index contributed by atoms with van der Waals surface area (Å²) in [6, 6.07) is 16.2. The number of carbonyl (C=O) groups excluding carboxylic acids is 3. The van der Waals surface area contributed by atoms with Crippen LogP contribution in [0.25, 0.3) is 0 Å². The quantitative estimate of drug-likeness (QED) is 0.120. The Bertz CT molecular complexity index is 928. The maximum absolute atomic E-state index is 12.4. The molecule has 0 saturated carbocycles. The van der Waals surface area contributed by atoms with Gasteiger partial charge in [-0.1, -0.05) is 126 Å². The molecule has 0 unspecified atom stereocenters. The predicted molar refractivity (Wildman–Crippen MR) is 153 cm³/mol. The average molecular weight is 523 g/mol. The highest BCUT2D eigenvalue weighted by Gasteiger charge is 2.15. The molecular weight excluding hydrogens is 476 g/mol. The molecule has 0 aromatic heterocycles. The minimum absolute atomic E-state index is 0.0293. The fraction of sp³-hybridized carbons (Fsp3) is 0.531. The SMILES string of the molecule is CCCCCCCCCCCCCCCNC(=O)c1ccc(COC(=O)C(=O)NCc2ccccc2)cc1. The second-order valence-electron chi connectivity index (χ2n) is 9.94. The number of carbonyl (C=O) groups is 3. The Kier molecular flexibility index (Phi) is 16.3. The Morgan fingerprint density at radius 2 is 1.18 bits per heavy atom. The van der Waals surface area contributed by atoms with Crippen molar-refractivity contribution < 1.29 is 19.1 Å². The minimum Gasteiger partial charge on any atom is -0.454 e. The molecule has 0 spiro atoms. The topological polar surface area (TPSA) is 84.5 Å². The number of amides is 2. The van der Waals surface area contributed by atoms with Gasteiger partial charge in [-0.25, -0.2) is 4.79 Å². The second-order valence-corrected chi connectivity index (χ2v) is 9.94. The van der Waals surface area contributed by atoms with Crippen LogP contribution < -0.4 is 10.6 Å². The lowest BCUT2D eigenvalue weighted by Crippen LogP contribution is -2.32. The van der Waals surface area contributed by atoms with Crippen LogP contribution in [-0.4, -0.2) is 24.3 Å². The van der Waals surface area contributed by atoms with Gasteiger partial charge in [0.1, 0.15) is 6.61 Å². The van der Waals surface area contributed by atoms with Crippen molar-refractivity contribution in [2.45, 2.75) is 104 Å². The van der Waals surface area contributed by atoms with Gasteiger partial charge in [-0.3, -0.25) is 9.59 Å². The number of hydrogen-bond donors (Lipinski definition) is 2. The minimum atomic E-state index is -0.930. The van der Waals surface area contributed by atoms with Gasteiger partial charge in [0.25, 0.3) is 5.91 Å². The lowest BCUT2D eigenvalue weighted by atomic mass is 10.0. The molecule has 0 aliphatic carbocycles. The largest absolute Gasteiger partial charge is 0.454 e. The first kappa shape index (κ1) is 31.1. The summed E-state index contributed by atoms with van der Waals surface area (Å²) in [6.07, 6.45) is 16.9. The normalized spacial score (nSPS) is 10.7. The molecule has 0 radical (unpaired) electrons. The second kappa shape index (κ2) is 19.9. The van der Waals surface area contributed by atoms with Crippen LogP contribution >= 0.6 is 0 Å². The van der Waals surface area contributed by atoms with Crippen LogP contribution in [0.4, 0.5) is 0 Å². The van der Waals surface area contributed by atoms with E-state index in [0.717, 1.165) is 18.4 Å². The Balaban J connectivity index is 1.49. The van der Waals surface area contributed by atoms with E-state index in [9.17, 15) is 14.4 Å². The van der Waals surface area contributed by atoms with E-state index in [1.165, 1.54) is 70.6 Å². The summed E-state index contributed by atoms with van der Waals surface area (Å²) in [5.74, 6) is -1.81. The Morgan fingerprint density at radius 3 is 1.76 bits per heavy atom. The van der Waals surface area contributed by atoms with Crippen molar-refractivity contribution in [1.29, 1.82) is 0 Å². The van der Waals surface area contributed by atoms with Crippen molar-refractivity contribution in [2.24, 2.45) is 0 Å². The van der Waals surface area contributed by atoms with Crippen molar-refractivity contribution in [3.63, 3.8) is 0 Å². The standard InChI is InChI=1S/C32H46N2O4/c1-2-3-4-5-6-7-8-9-10-11-12-13-17-24-33-30(35)29-22-20-28(21-23-29)26-38-32(37)31(36)34-25-27-18-15-14-16-19-27/h14-16,18-23H,2-13,17,24-26H2,1H3,(H,33,35)(H,34,36). The summed E-state index contributed by atoms with van der Waals surface area (Å²) >= 11 is 0. The summed E-state index contributed by atoms with van der Waals surface area (Å²) in [4.78, 5) is 36.2. The summed E-state index contributed by atoms with van der Waals surface area (Å²) < 4.78 is 5.08. The number of esters is 1. The lowest BCUT2D eigenvalue weighted by molar-refractivity contribution is -0.155. The van der Waals surface area contributed by atoms with Crippen molar-refractivity contribution in [3.05, 3.63) is 71.3 Å². The van der Waals surface area contributed by atoms with E-state index in [1.54, 1.807) is 24.3 Å². The lowest BCUT2D eigenvalue weighted by Gasteiger charge is -2.08. The number of ether oxygens (including phenoxy) is 1. The smallest absolute Gasteiger partial charge is 0.397 e. The molecular formula is C32H46N2O4. The third-order valence-corrected chi connectivity index (χ3v) is 6.63. The maximum atomic E-state index is 12.4. The van der Waals surface area contributed by atoms with E-state index in [2.05, 4.69) is 17.6 Å². The molecule has 2 rings (SSSR count). The zero-order chi connectivity index (χ0) is 27.3. The van der Waals surface area contributed by atoms with Crippen LogP contribution in [0.1, 0.15) is 112 Å². The van der Waals surface area contributed by atoms with Gasteiger partial charge >= 0.3 is 11.9 Å². The van der Waals surface area contributed by atoms with Gasteiger partial charge in [-0.2, -0.15) is 0 Å². The Morgan fingerprint density at radius 1 is 0.632 bits per heavy atom. The molecule has 2 N–H and O–H groups in total. The van der Waals surface area contributed by atoms with Gasteiger partial charge < -0.3 is 15.4 Å². The summed E-state index contributed by atoms with van der Waals surface area (Å²) in [5.41, 5.74) is 2.18. The molecule has 0 bridgehead atoms. The molecule has 2 aromatic rings. The average Bonchev–Trinajstić information content (AvgIpc) is 2.95. The van der Waals surface area contributed by atoms with Crippen LogP contribution in [0.15, 0.2) is 54.6 Å². The van der Waals surface area contributed by atoms with E-state index in [1.807, 2.05) is 30.3 Å². The van der Waals surface area contributed by atoms with Gasteiger partial charge in [0.15, 0.2) is 0 Å². The highest BCUT2D eigenvalue weighted by molar-refractivity contribution is 6.32. The number of hydrogen-bond acceptors (Lipinski definition) is 4. The number of benzene rings is 2. The summed E-state index contributed by atoms with van der Waals surface area (Å²) in [6.45, 7) is 3.17. The monoisotopic (exact) mass is 522 g/mol. The van der Waals surface area contributed by atoms with Crippen LogP contribution in [0, 0.1) is 0 Å². The van der Waals surface area contributed by atoms with Gasteiger partial charge in [-0.15, -0.1) is 0 Å². The van der Waals surface area contributed by atoms with Crippen molar-refractivity contribution in [1.82, 2.24) is 10.6 Å². The zero-order valence-corrected chi connectivity index (χ0v) is 23.1. The third-order valence-electron chi connectivity index (χ3n) is 6.63. The van der Waals surface area contributed by atoms with Gasteiger partial charge in [0.05, 0.1) is 0 Å². The highest BCUT2D eigenvalue weighted by Crippen LogP contribution is 2.12. The van der Waals surface area contributed by atoms with Gasteiger partial charge in [0.2, 0.25) is 0 Å². The first-order chi connectivity index (χ1) is 18.6. The summed E-state index contributed by atoms with van der Waals surface area (Å²) in [7, 11) is 0. The first-order valence-electron chi connectivity index (χ1n) is 14.5. The van der Waals surface area contributed by atoms with E-state index >= 15 is 0 Å². The highest BCUT2D eigenvalue weighted by atomic mass is 16.5. The molecule has 2 aromatic carbocycles. The van der Waals surface area contributed by atoms with Crippen molar-refractivity contribution >= 4 is 17.8 Å². The predicted octanol–water partition coefficient (Wildman–Crippen LogP) is 6.87. The van der Waals surface area contributed by atoms with E-state index < -0.39 is 11.9 Å². The van der Waals surface area contributed by atoms with Gasteiger partial charge in [0, 0.05) is 18.7 Å². The fourth-order valence-electron chi connectivity index (χ4n) is 4.26. The molecule has 0 heterocycles. The maximum Gasteiger partial charge on any atom is 0.397 e. The zero-order valence-electron chi connectivity index (χ0n) is 23.1. The Labute approximate surface area is 228 Å². The van der Waals surface area contributed by atoms with Crippen molar-refractivity contribution in [2.75, 3.05) is 6.54 Å². The molecule has 208 valence electrons. The third kappa shape index (κ3) is 14.0. The molecule has 6 nitrogen and oxygen atoms in total. The summed E-state index contributed by atoms with van der Waals surface area (Å²) in [5, 5.41) is 5.52. The fourth-order valence-corrected chi connectivity index (χ4v) is 4.26. The molecule has 38 heavy (non-hydrogen) atoms. The molecule has 0 atom stereocenters.